The topological polar surface area (TPSA) is 95.3 Å². The lowest BCUT2D eigenvalue weighted by Gasteiger charge is -2.32. The van der Waals surface area contributed by atoms with E-state index in [0.717, 1.165) is 6.20 Å². The Balaban J connectivity index is 2.17. The van der Waals surface area contributed by atoms with Gasteiger partial charge in [0, 0.05) is 12.2 Å². The highest BCUT2D eigenvalue weighted by atomic mass is 35.5. The van der Waals surface area contributed by atoms with Gasteiger partial charge in [-0.25, -0.2) is 9.78 Å². The van der Waals surface area contributed by atoms with E-state index in [0.29, 0.717) is 12.8 Å². The zero-order valence-electron chi connectivity index (χ0n) is 8.22. The number of anilines is 1. The van der Waals surface area contributed by atoms with Crippen molar-refractivity contribution in [2.24, 2.45) is 0 Å². The number of aliphatic hydroxyl groups excluding tert-OH is 1. The molecule has 0 atom stereocenters. The van der Waals surface area contributed by atoms with Crippen LogP contribution in [0.3, 0.4) is 0 Å². The van der Waals surface area contributed by atoms with E-state index in [-0.39, 0.29) is 28.8 Å². The molecule has 7 heteroatoms. The molecule has 1 aromatic heterocycles. The van der Waals surface area contributed by atoms with Crippen LogP contribution >= 0.6 is 11.6 Å². The lowest BCUT2D eigenvalue weighted by atomic mass is 9.89. The molecule has 6 nitrogen and oxygen atoms in total. The number of carboxylic acids is 1. The number of nitrogens with one attached hydrogen (secondary N) is 1. The third kappa shape index (κ3) is 2.23. The van der Waals surface area contributed by atoms with Crippen molar-refractivity contribution in [3.8, 4) is 0 Å². The molecule has 0 bridgehead atoms. The van der Waals surface area contributed by atoms with Crippen LogP contribution in [0.25, 0.3) is 0 Å². The summed E-state index contributed by atoms with van der Waals surface area (Å²) in [5.74, 6) is -0.913. The lowest BCUT2D eigenvalue weighted by molar-refractivity contribution is 0.0696. The number of hydrogen-bond acceptors (Lipinski definition) is 5. The van der Waals surface area contributed by atoms with E-state index in [1.165, 1.54) is 0 Å². The number of aromatic nitrogens is 2. The van der Waals surface area contributed by atoms with E-state index in [1.54, 1.807) is 0 Å². The van der Waals surface area contributed by atoms with Crippen molar-refractivity contribution in [3.63, 3.8) is 0 Å². The van der Waals surface area contributed by atoms with E-state index in [1.807, 2.05) is 0 Å². The quantitative estimate of drug-likeness (QED) is 0.679. The molecule has 2 rings (SSSR count). The van der Waals surface area contributed by atoms with Crippen molar-refractivity contribution in [3.05, 3.63) is 17.0 Å². The van der Waals surface area contributed by atoms with Gasteiger partial charge in [0.2, 0.25) is 5.28 Å². The number of hydrogen-bond donors (Lipinski definition) is 3. The van der Waals surface area contributed by atoms with Crippen LogP contribution in [0.2, 0.25) is 5.28 Å². The molecule has 1 heterocycles. The Kier molecular flexibility index (Phi) is 2.93. The number of carbonyl (C=O) groups is 1. The van der Waals surface area contributed by atoms with Gasteiger partial charge in [0.1, 0.15) is 11.4 Å². The van der Waals surface area contributed by atoms with E-state index in [9.17, 15) is 4.79 Å². The van der Waals surface area contributed by atoms with Gasteiger partial charge >= 0.3 is 5.97 Å². The summed E-state index contributed by atoms with van der Waals surface area (Å²) in [6.45, 7) is 0. The fourth-order valence-electron chi connectivity index (χ4n) is 1.53. The minimum Gasteiger partial charge on any atom is -0.477 e. The fourth-order valence-corrected chi connectivity index (χ4v) is 1.66. The molecular weight excluding hydrogens is 234 g/mol. The standard InChI is InChI=1S/C9H10ClN3O3/c10-9-11-3-6(8(15)16)7(13-9)12-4-1-5(14)2-4/h3-5,14H,1-2H2,(H,15,16)(H,11,12,13)/t4-,5+. The van der Waals surface area contributed by atoms with Crippen LogP contribution in [-0.4, -0.2) is 38.3 Å². The van der Waals surface area contributed by atoms with E-state index in [2.05, 4.69) is 15.3 Å². The maximum atomic E-state index is 10.9. The van der Waals surface area contributed by atoms with Crippen LogP contribution < -0.4 is 5.32 Å². The third-order valence-corrected chi connectivity index (χ3v) is 2.63. The minimum absolute atomic E-state index is 0.00706. The van der Waals surface area contributed by atoms with E-state index >= 15 is 0 Å². The number of aliphatic hydroxyl groups is 1. The maximum Gasteiger partial charge on any atom is 0.341 e. The van der Waals surface area contributed by atoms with Crippen LogP contribution in [0, 0.1) is 0 Å². The summed E-state index contributed by atoms with van der Waals surface area (Å²) < 4.78 is 0. The number of aromatic carboxylic acids is 1. The summed E-state index contributed by atoms with van der Waals surface area (Å²) in [5.41, 5.74) is -0.0224. The average molecular weight is 244 g/mol. The molecule has 0 amide bonds. The van der Waals surface area contributed by atoms with Crippen molar-refractivity contribution in [2.45, 2.75) is 25.0 Å². The maximum absolute atomic E-state index is 10.9. The monoisotopic (exact) mass is 243 g/mol. The van der Waals surface area contributed by atoms with Crippen LogP contribution in [-0.2, 0) is 0 Å². The molecule has 0 spiro atoms. The molecule has 1 aliphatic carbocycles. The Morgan fingerprint density at radius 1 is 1.56 bits per heavy atom. The predicted molar refractivity (Wildman–Crippen MR) is 56.7 cm³/mol. The van der Waals surface area contributed by atoms with Gasteiger partial charge in [0.05, 0.1) is 6.10 Å². The zero-order chi connectivity index (χ0) is 11.7. The van der Waals surface area contributed by atoms with Crippen LogP contribution in [0.5, 0.6) is 0 Å². The molecule has 0 saturated heterocycles. The molecule has 0 unspecified atom stereocenters. The Labute approximate surface area is 96.3 Å². The number of nitrogens with zero attached hydrogens (tertiary/aromatic N) is 2. The molecule has 0 aliphatic heterocycles. The molecule has 1 aliphatic rings. The molecule has 1 fully saturated rings. The highest BCUT2D eigenvalue weighted by Gasteiger charge is 2.28. The van der Waals surface area contributed by atoms with Crippen molar-refractivity contribution in [2.75, 3.05) is 5.32 Å². The fraction of sp³-hybridized carbons (Fsp3) is 0.444. The second kappa shape index (κ2) is 4.23. The normalized spacial score (nSPS) is 23.6. The van der Waals surface area contributed by atoms with Crippen molar-refractivity contribution in [1.82, 2.24) is 9.97 Å². The summed E-state index contributed by atoms with van der Waals surface area (Å²) in [6.07, 6.45) is 2.01. The van der Waals surface area contributed by atoms with Gasteiger partial charge in [-0.1, -0.05) is 0 Å². The molecular formula is C9H10ClN3O3. The second-order valence-electron chi connectivity index (χ2n) is 3.67. The Morgan fingerprint density at radius 2 is 2.25 bits per heavy atom. The lowest BCUT2D eigenvalue weighted by Crippen LogP contribution is -2.39. The average Bonchev–Trinajstić information content (AvgIpc) is 2.15. The summed E-state index contributed by atoms with van der Waals surface area (Å²) in [4.78, 5) is 18.3. The summed E-state index contributed by atoms with van der Waals surface area (Å²) >= 11 is 5.59. The molecule has 86 valence electrons. The summed E-state index contributed by atoms with van der Waals surface area (Å²) in [6, 6.07) is 0.0408. The minimum atomic E-state index is -1.11. The number of carboxylic acid groups (broad SMARTS) is 1. The van der Waals surface area contributed by atoms with Crippen LogP contribution in [0.1, 0.15) is 23.2 Å². The molecule has 1 saturated carbocycles. The molecule has 1 aromatic rings. The van der Waals surface area contributed by atoms with E-state index in [4.69, 9.17) is 21.8 Å². The van der Waals surface area contributed by atoms with E-state index < -0.39 is 5.97 Å². The third-order valence-electron chi connectivity index (χ3n) is 2.44. The van der Waals surface area contributed by atoms with Gasteiger partial charge in [-0.05, 0) is 24.4 Å². The number of rotatable bonds is 3. The Morgan fingerprint density at radius 3 is 2.81 bits per heavy atom. The highest BCUT2D eigenvalue weighted by molar-refractivity contribution is 6.28. The smallest absolute Gasteiger partial charge is 0.341 e. The molecule has 3 N–H and O–H groups in total. The molecule has 0 aromatic carbocycles. The van der Waals surface area contributed by atoms with Crippen LogP contribution in [0.15, 0.2) is 6.20 Å². The van der Waals surface area contributed by atoms with Gasteiger partial charge in [-0.3, -0.25) is 0 Å². The van der Waals surface area contributed by atoms with Gasteiger partial charge in [-0.15, -0.1) is 0 Å². The Bertz CT molecular complexity index is 420. The van der Waals surface area contributed by atoms with Crippen molar-refractivity contribution < 1.29 is 15.0 Å². The van der Waals surface area contributed by atoms with Gasteiger partial charge in [0.15, 0.2) is 0 Å². The zero-order valence-corrected chi connectivity index (χ0v) is 8.98. The predicted octanol–water partition coefficient (Wildman–Crippen LogP) is 0.763. The number of halogens is 1. The molecule has 0 radical (unpaired) electrons. The first-order valence-corrected chi connectivity index (χ1v) is 5.14. The second-order valence-corrected chi connectivity index (χ2v) is 4.01. The van der Waals surface area contributed by atoms with Crippen LogP contribution in [0.4, 0.5) is 5.82 Å². The van der Waals surface area contributed by atoms with Crippen molar-refractivity contribution in [1.29, 1.82) is 0 Å². The highest BCUT2D eigenvalue weighted by Crippen LogP contribution is 2.25. The SMILES string of the molecule is O=C(O)c1cnc(Cl)nc1N[C@H]1C[C@@H](O)C1. The van der Waals surface area contributed by atoms with Gasteiger partial charge < -0.3 is 15.5 Å². The summed E-state index contributed by atoms with van der Waals surface area (Å²) in [5, 5.41) is 20.9. The first-order chi connectivity index (χ1) is 7.56. The van der Waals surface area contributed by atoms with Crippen molar-refractivity contribution >= 4 is 23.4 Å². The first-order valence-electron chi connectivity index (χ1n) is 4.76. The molecule has 16 heavy (non-hydrogen) atoms. The Hall–Kier alpha value is -1.40. The van der Waals surface area contributed by atoms with Gasteiger partial charge in [0.25, 0.3) is 0 Å². The van der Waals surface area contributed by atoms with Gasteiger partial charge in [-0.2, -0.15) is 4.98 Å². The summed E-state index contributed by atoms with van der Waals surface area (Å²) in [7, 11) is 0. The largest absolute Gasteiger partial charge is 0.477 e. The first kappa shape index (κ1) is 11.1.